The number of dihydropyridines is 1. The van der Waals surface area contributed by atoms with Crippen LogP contribution in [0.5, 0.6) is 0 Å². The van der Waals surface area contributed by atoms with Crippen molar-refractivity contribution >= 4 is 39.8 Å². The lowest BCUT2D eigenvalue weighted by Crippen LogP contribution is -2.56. The number of nitrogens with zero attached hydrogens (tertiary/aromatic N) is 6. The summed E-state index contributed by atoms with van der Waals surface area (Å²) < 4.78 is 66.4. The Morgan fingerprint density at radius 1 is 1.12 bits per heavy atom. The third-order valence-electron chi connectivity index (χ3n) is 10.8. The number of amides is 1. The van der Waals surface area contributed by atoms with Crippen molar-refractivity contribution in [3.8, 4) is 12.1 Å². The van der Waals surface area contributed by atoms with Crippen molar-refractivity contribution in [3.05, 3.63) is 88.4 Å². The summed E-state index contributed by atoms with van der Waals surface area (Å²) in [4.78, 5) is 22.9. The SMILES string of the molecule is C=C(F)C(=O)N1CCN(C2=C(CC#N)C(OC[C@@]34CCCN3C[C@H](F)C4)=NC3C=C(c4cccc5ccc(F)c(Cl)c45)C(F)=CC23)C[C@@H]1CC#N. The lowest BCUT2D eigenvalue weighted by molar-refractivity contribution is -0.133. The van der Waals surface area contributed by atoms with Gasteiger partial charge in [0, 0.05) is 60.7 Å². The molecule has 51 heavy (non-hydrogen) atoms. The number of carbonyl (C=O) groups excluding carboxylic acids is 1. The van der Waals surface area contributed by atoms with Crippen LogP contribution in [0.4, 0.5) is 17.6 Å². The molecule has 8 nitrogen and oxygen atoms in total. The molecule has 0 aromatic heterocycles. The summed E-state index contributed by atoms with van der Waals surface area (Å²) in [7, 11) is 0. The number of piperazine rings is 1. The fraction of sp³-hybridized carbons (Fsp3) is 0.421. The molecule has 0 bridgehead atoms. The number of nitriles is 2. The summed E-state index contributed by atoms with van der Waals surface area (Å²) in [5.41, 5.74) is 0.998. The van der Waals surface area contributed by atoms with Crippen LogP contribution in [0.1, 0.15) is 37.7 Å². The first-order chi connectivity index (χ1) is 24.5. The minimum Gasteiger partial charge on any atom is -0.476 e. The number of carbonyl (C=O) groups is 1. The number of hydrogen-bond acceptors (Lipinski definition) is 7. The largest absolute Gasteiger partial charge is 0.476 e. The van der Waals surface area contributed by atoms with Gasteiger partial charge in [0.15, 0.2) is 5.83 Å². The maximum Gasteiger partial charge on any atom is 0.282 e. The molecule has 2 unspecified atom stereocenters. The average Bonchev–Trinajstić information content (AvgIpc) is 3.64. The smallest absolute Gasteiger partial charge is 0.282 e. The molecule has 3 saturated heterocycles. The molecule has 0 radical (unpaired) electrons. The van der Waals surface area contributed by atoms with Gasteiger partial charge in [-0.3, -0.25) is 9.69 Å². The van der Waals surface area contributed by atoms with Crippen LogP contribution in [0.2, 0.25) is 5.02 Å². The topological polar surface area (TPSA) is 96.0 Å². The van der Waals surface area contributed by atoms with E-state index in [-0.39, 0.29) is 55.6 Å². The molecule has 4 aliphatic heterocycles. The van der Waals surface area contributed by atoms with E-state index in [9.17, 15) is 28.5 Å². The predicted octanol–water partition coefficient (Wildman–Crippen LogP) is 6.95. The van der Waals surface area contributed by atoms with E-state index < -0.39 is 53.1 Å². The van der Waals surface area contributed by atoms with E-state index in [0.717, 1.165) is 19.4 Å². The number of halogens is 5. The van der Waals surface area contributed by atoms with Gasteiger partial charge >= 0.3 is 0 Å². The van der Waals surface area contributed by atoms with Crippen LogP contribution in [0.3, 0.4) is 0 Å². The monoisotopic (exact) mass is 718 g/mol. The summed E-state index contributed by atoms with van der Waals surface area (Å²) in [6.45, 7) is 4.69. The molecule has 2 aromatic carbocycles. The number of allylic oxidation sites excluding steroid dienone is 2. The highest BCUT2D eigenvalue weighted by molar-refractivity contribution is 6.36. The molecule has 4 heterocycles. The van der Waals surface area contributed by atoms with E-state index in [2.05, 4.69) is 23.6 Å². The van der Waals surface area contributed by atoms with Crippen molar-refractivity contribution < 1.29 is 27.1 Å². The Hall–Kier alpha value is -4.65. The lowest BCUT2D eigenvalue weighted by atomic mass is 9.81. The summed E-state index contributed by atoms with van der Waals surface area (Å²) >= 11 is 6.44. The summed E-state index contributed by atoms with van der Waals surface area (Å²) in [6, 6.07) is 10.8. The van der Waals surface area contributed by atoms with E-state index in [4.69, 9.17) is 21.3 Å². The third kappa shape index (κ3) is 6.19. The van der Waals surface area contributed by atoms with Gasteiger partial charge in [-0.15, -0.1) is 0 Å². The second-order valence-corrected chi connectivity index (χ2v) is 14.1. The van der Waals surface area contributed by atoms with Crippen molar-refractivity contribution in [2.75, 3.05) is 39.3 Å². The Morgan fingerprint density at radius 2 is 1.94 bits per heavy atom. The Balaban J connectivity index is 1.32. The van der Waals surface area contributed by atoms with Gasteiger partial charge in [0.25, 0.3) is 5.91 Å². The van der Waals surface area contributed by atoms with Crippen LogP contribution >= 0.6 is 11.6 Å². The molecule has 0 spiro atoms. The van der Waals surface area contributed by atoms with E-state index >= 15 is 4.39 Å². The number of hydrogen-bond donors (Lipinski definition) is 0. The Labute approximate surface area is 298 Å². The highest BCUT2D eigenvalue weighted by atomic mass is 35.5. The van der Waals surface area contributed by atoms with Gasteiger partial charge in [0.2, 0.25) is 5.90 Å². The lowest BCUT2D eigenvalue weighted by Gasteiger charge is -2.46. The van der Waals surface area contributed by atoms with Crippen molar-refractivity contribution in [3.63, 3.8) is 0 Å². The standard InChI is InChI=1S/C38H35ClF4N6O2/c1-22(40)37(50)49-15-14-47(20-25(49)8-11-44)35-27(9-12-45)36(51-21-38-10-3-13-48(38)19-24(41)18-38)46-32-17-28(31(43)16-29(32)35)26-5-2-4-23-6-7-30(42)34(39)33(23)26/h2,4-7,16-17,24-25,29,32H,1,3,8-10,13-15,18-21H2/t24-,25+,29?,32?,38+/m1/s1. The number of alkyl halides is 1. The third-order valence-corrected chi connectivity index (χ3v) is 11.2. The molecule has 1 aliphatic carbocycles. The number of ether oxygens (including phenoxy) is 1. The summed E-state index contributed by atoms with van der Waals surface area (Å²) in [5, 5.41) is 20.5. The summed E-state index contributed by atoms with van der Waals surface area (Å²) in [6.07, 6.45) is 3.80. The van der Waals surface area contributed by atoms with Crippen molar-refractivity contribution in [1.82, 2.24) is 14.7 Å². The van der Waals surface area contributed by atoms with E-state index in [1.165, 1.54) is 17.0 Å². The van der Waals surface area contributed by atoms with Gasteiger partial charge < -0.3 is 14.5 Å². The van der Waals surface area contributed by atoms with Gasteiger partial charge in [-0.25, -0.2) is 22.6 Å². The molecule has 264 valence electrons. The number of rotatable bonds is 7. The normalized spacial score (nSPS) is 27.6. The molecule has 7 rings (SSSR count). The van der Waals surface area contributed by atoms with Crippen LogP contribution in [0.15, 0.2) is 77.0 Å². The van der Waals surface area contributed by atoms with Crippen LogP contribution in [0, 0.1) is 34.4 Å². The van der Waals surface area contributed by atoms with E-state index in [0.29, 0.717) is 40.6 Å². The minimum atomic E-state index is -1.14. The second kappa shape index (κ2) is 13.8. The quantitative estimate of drug-likeness (QED) is 0.227. The highest BCUT2D eigenvalue weighted by Gasteiger charge is 2.50. The van der Waals surface area contributed by atoms with Crippen molar-refractivity contribution in [1.29, 1.82) is 10.5 Å². The first-order valence-corrected chi connectivity index (χ1v) is 17.4. The molecule has 0 N–H and O–H groups in total. The van der Waals surface area contributed by atoms with Crippen LogP contribution in [-0.2, 0) is 9.53 Å². The second-order valence-electron chi connectivity index (χ2n) is 13.7. The van der Waals surface area contributed by atoms with Crippen molar-refractivity contribution in [2.24, 2.45) is 10.9 Å². The molecular weight excluding hydrogens is 684 g/mol. The molecule has 2 aromatic rings. The van der Waals surface area contributed by atoms with E-state index in [1.807, 2.05) is 4.90 Å². The Kier molecular flexibility index (Phi) is 9.42. The van der Waals surface area contributed by atoms with Crippen LogP contribution in [0.25, 0.3) is 16.3 Å². The first-order valence-electron chi connectivity index (χ1n) is 17.0. The number of aliphatic imine (C=N–C) groups is 1. The number of fused-ring (bicyclic) bond motifs is 3. The molecule has 5 atom stereocenters. The molecule has 13 heteroatoms. The maximum atomic E-state index is 16.5. The zero-order chi connectivity index (χ0) is 36.0. The summed E-state index contributed by atoms with van der Waals surface area (Å²) in [5.74, 6) is -3.83. The first kappa shape index (κ1) is 34.8. The zero-order valence-corrected chi connectivity index (χ0v) is 28.5. The number of benzene rings is 2. The molecule has 5 aliphatic rings. The van der Waals surface area contributed by atoms with Crippen LogP contribution in [-0.4, -0.2) is 89.6 Å². The fourth-order valence-corrected chi connectivity index (χ4v) is 8.81. The maximum absolute atomic E-state index is 16.5. The Morgan fingerprint density at radius 3 is 2.71 bits per heavy atom. The molecule has 0 saturated carbocycles. The molecular formula is C38H35ClF4N6O2. The van der Waals surface area contributed by atoms with E-state index in [1.54, 1.807) is 30.3 Å². The minimum absolute atomic E-state index is 0.0471. The fourth-order valence-electron chi connectivity index (χ4n) is 8.53. The average molecular weight is 719 g/mol. The van der Waals surface area contributed by atoms with Gasteiger partial charge in [-0.2, -0.15) is 10.5 Å². The van der Waals surface area contributed by atoms with Crippen molar-refractivity contribution in [2.45, 2.75) is 55.9 Å². The van der Waals surface area contributed by atoms with Gasteiger partial charge in [-0.1, -0.05) is 42.4 Å². The van der Waals surface area contributed by atoms with Gasteiger partial charge in [0.1, 0.15) is 24.4 Å². The van der Waals surface area contributed by atoms with Gasteiger partial charge in [0.05, 0.1) is 47.6 Å². The molecule has 1 amide bonds. The highest BCUT2D eigenvalue weighted by Crippen LogP contribution is 2.45. The zero-order valence-electron chi connectivity index (χ0n) is 27.7. The molecule has 3 fully saturated rings. The Bertz CT molecular complexity index is 2020. The predicted molar refractivity (Wildman–Crippen MR) is 185 cm³/mol. The van der Waals surface area contributed by atoms with Crippen LogP contribution < -0.4 is 0 Å². The van der Waals surface area contributed by atoms with Gasteiger partial charge in [-0.05, 0) is 48.6 Å².